The predicted molar refractivity (Wildman–Crippen MR) is 97.8 cm³/mol. The van der Waals surface area contributed by atoms with E-state index in [1.54, 1.807) is 0 Å². The Morgan fingerprint density at radius 2 is 2.16 bits per heavy atom. The zero-order valence-electron chi connectivity index (χ0n) is 15.1. The van der Waals surface area contributed by atoms with E-state index in [1.165, 1.54) is 14.1 Å². The number of nitrogens with one attached hydrogen (secondary N) is 1. The molecule has 0 aliphatic carbocycles. The number of carbonyl (C=O) groups is 1. The largest absolute Gasteiger partial charge is 0.335 e. The predicted octanol–water partition coefficient (Wildman–Crippen LogP) is 1.27. The van der Waals surface area contributed by atoms with Gasteiger partial charge in [-0.05, 0) is 43.6 Å². The normalized spacial score (nSPS) is 18.7. The van der Waals surface area contributed by atoms with Crippen LogP contribution >= 0.6 is 11.5 Å². The van der Waals surface area contributed by atoms with Gasteiger partial charge in [0, 0.05) is 33.2 Å². The van der Waals surface area contributed by atoms with Gasteiger partial charge < -0.3 is 4.90 Å². The van der Waals surface area contributed by atoms with Crippen LogP contribution in [0.2, 0.25) is 0 Å². The third-order valence-corrected chi connectivity index (χ3v) is 6.65. The molecule has 0 spiro atoms. The average molecular weight is 390 g/mol. The lowest BCUT2D eigenvalue weighted by molar-refractivity contribution is 0.0607. The Morgan fingerprint density at radius 1 is 1.40 bits per heavy atom. The molecule has 0 aromatic carbocycles. The summed E-state index contributed by atoms with van der Waals surface area (Å²) in [7, 11) is -0.450. The van der Waals surface area contributed by atoms with Gasteiger partial charge in [0.25, 0.3) is 16.1 Å². The molecule has 2 rings (SSSR count). The van der Waals surface area contributed by atoms with E-state index in [1.807, 2.05) is 11.8 Å². The number of piperidine rings is 1. The quantitative estimate of drug-likeness (QED) is 0.722. The van der Waals surface area contributed by atoms with Crippen LogP contribution < -0.4 is 4.72 Å². The van der Waals surface area contributed by atoms with Crippen LogP contribution in [0.1, 0.15) is 54.4 Å². The van der Waals surface area contributed by atoms with Crippen molar-refractivity contribution in [2.45, 2.75) is 51.5 Å². The fourth-order valence-corrected chi connectivity index (χ4v) is 4.25. The van der Waals surface area contributed by atoms with Gasteiger partial charge in [-0.3, -0.25) is 4.79 Å². The topological polar surface area (TPSA) is 95.5 Å². The molecule has 1 aliphatic heterocycles. The maximum atomic E-state index is 12.9. The third-order valence-electron chi connectivity index (χ3n) is 4.37. The molecule has 1 N–H and O–H groups in total. The fraction of sp³-hybridized carbons (Fsp3) is 0.800. The summed E-state index contributed by atoms with van der Waals surface area (Å²) in [6, 6.07) is 0.0442. The molecule has 1 unspecified atom stereocenters. The van der Waals surface area contributed by atoms with Gasteiger partial charge in [0.2, 0.25) is 0 Å². The number of likely N-dealkylation sites (tertiary alicyclic amines) is 1. The van der Waals surface area contributed by atoms with Crippen LogP contribution in [0, 0.1) is 0 Å². The second-order valence-electron chi connectivity index (χ2n) is 6.42. The smallest absolute Gasteiger partial charge is 0.278 e. The Labute approximate surface area is 153 Å². The highest BCUT2D eigenvalue weighted by atomic mass is 32.2. The zero-order chi connectivity index (χ0) is 18.4. The number of amides is 1. The highest BCUT2D eigenvalue weighted by Gasteiger charge is 2.30. The first-order chi connectivity index (χ1) is 11.9. The van der Waals surface area contributed by atoms with Gasteiger partial charge in [0.05, 0.1) is 5.69 Å². The molecule has 1 aromatic rings. The minimum Gasteiger partial charge on any atom is -0.335 e. The summed E-state index contributed by atoms with van der Waals surface area (Å²) < 4.78 is 31.3. The van der Waals surface area contributed by atoms with Crippen molar-refractivity contribution < 1.29 is 13.2 Å². The molecular weight excluding hydrogens is 362 g/mol. The van der Waals surface area contributed by atoms with Crippen molar-refractivity contribution in [3.8, 4) is 0 Å². The van der Waals surface area contributed by atoms with E-state index in [9.17, 15) is 13.2 Å². The lowest BCUT2D eigenvalue weighted by atomic mass is 9.99. The molecule has 1 fully saturated rings. The minimum absolute atomic E-state index is 0.0152. The molecule has 1 aliphatic rings. The van der Waals surface area contributed by atoms with Gasteiger partial charge in [0.1, 0.15) is 4.88 Å². The van der Waals surface area contributed by atoms with Crippen LogP contribution in [-0.2, 0) is 16.6 Å². The molecule has 1 atom stereocenters. The van der Waals surface area contributed by atoms with Crippen molar-refractivity contribution in [3.05, 3.63) is 10.6 Å². The lowest BCUT2D eigenvalue weighted by Crippen LogP contribution is -2.46. The molecule has 8 nitrogen and oxygen atoms in total. The molecule has 142 valence electrons. The number of nitrogens with zero attached hydrogens (tertiary/aromatic N) is 4. The van der Waals surface area contributed by atoms with Gasteiger partial charge in [-0.15, -0.1) is 5.10 Å². The first-order valence-corrected chi connectivity index (χ1v) is 10.9. The van der Waals surface area contributed by atoms with Crippen molar-refractivity contribution in [1.82, 2.24) is 23.5 Å². The van der Waals surface area contributed by atoms with E-state index in [0.29, 0.717) is 24.4 Å². The number of carbonyl (C=O) groups excluding carboxylic acids is 1. The highest BCUT2D eigenvalue weighted by molar-refractivity contribution is 7.87. The number of rotatable bonds is 8. The summed E-state index contributed by atoms with van der Waals surface area (Å²) in [6.07, 6.45) is 5.19. The van der Waals surface area contributed by atoms with Crippen molar-refractivity contribution in [2.75, 3.05) is 27.2 Å². The summed E-state index contributed by atoms with van der Waals surface area (Å²) in [5.41, 5.74) is 0.773. The summed E-state index contributed by atoms with van der Waals surface area (Å²) >= 11 is 1.15. The molecule has 1 aromatic heterocycles. The molecular formula is C15H27N5O3S2. The van der Waals surface area contributed by atoms with Crippen molar-refractivity contribution in [2.24, 2.45) is 0 Å². The molecule has 2 heterocycles. The van der Waals surface area contributed by atoms with Gasteiger partial charge in [-0.2, -0.15) is 12.7 Å². The van der Waals surface area contributed by atoms with Crippen LogP contribution in [0.3, 0.4) is 0 Å². The van der Waals surface area contributed by atoms with Crippen LogP contribution in [0.4, 0.5) is 0 Å². The maximum absolute atomic E-state index is 12.9. The zero-order valence-corrected chi connectivity index (χ0v) is 16.7. The summed E-state index contributed by atoms with van der Waals surface area (Å²) in [4.78, 5) is 15.4. The van der Waals surface area contributed by atoms with Crippen molar-refractivity contribution >= 4 is 27.6 Å². The first kappa shape index (κ1) is 20.2. The third kappa shape index (κ3) is 5.19. The summed E-state index contributed by atoms with van der Waals surface area (Å²) in [5.74, 6) is -0.0152. The van der Waals surface area contributed by atoms with Gasteiger partial charge >= 0.3 is 0 Å². The molecule has 1 amide bonds. The van der Waals surface area contributed by atoms with Gasteiger partial charge in [-0.25, -0.2) is 4.72 Å². The number of aromatic nitrogens is 2. The van der Waals surface area contributed by atoms with E-state index < -0.39 is 10.2 Å². The van der Waals surface area contributed by atoms with Crippen LogP contribution in [-0.4, -0.2) is 66.3 Å². The fourth-order valence-electron chi connectivity index (χ4n) is 2.95. The van der Waals surface area contributed by atoms with Crippen LogP contribution in [0.5, 0.6) is 0 Å². The monoisotopic (exact) mass is 389 g/mol. The maximum Gasteiger partial charge on any atom is 0.278 e. The van der Waals surface area contributed by atoms with Crippen LogP contribution in [0.25, 0.3) is 0 Å². The number of hydrogen-bond acceptors (Lipinski definition) is 6. The van der Waals surface area contributed by atoms with E-state index in [4.69, 9.17) is 0 Å². The molecule has 25 heavy (non-hydrogen) atoms. The van der Waals surface area contributed by atoms with Gasteiger partial charge in [0.15, 0.2) is 0 Å². The Morgan fingerprint density at radius 3 is 2.84 bits per heavy atom. The van der Waals surface area contributed by atoms with E-state index in [0.717, 1.165) is 53.6 Å². The van der Waals surface area contributed by atoms with Gasteiger partial charge in [-0.1, -0.05) is 17.8 Å². The summed E-state index contributed by atoms with van der Waals surface area (Å²) in [5, 5.41) is 4.08. The Kier molecular flexibility index (Phi) is 7.29. The lowest BCUT2D eigenvalue weighted by Gasteiger charge is -2.35. The van der Waals surface area contributed by atoms with E-state index in [-0.39, 0.29) is 11.9 Å². The van der Waals surface area contributed by atoms with Crippen molar-refractivity contribution in [3.63, 3.8) is 0 Å². The first-order valence-electron chi connectivity index (χ1n) is 8.66. The van der Waals surface area contributed by atoms with Crippen LogP contribution in [0.15, 0.2) is 0 Å². The molecule has 1 saturated heterocycles. The minimum atomic E-state index is -3.43. The Bertz CT molecular complexity index is 674. The number of hydrogen-bond donors (Lipinski definition) is 1. The molecule has 0 saturated carbocycles. The second-order valence-corrected chi connectivity index (χ2v) is 9.14. The molecule has 0 radical (unpaired) electrons. The van der Waals surface area contributed by atoms with E-state index in [2.05, 4.69) is 14.3 Å². The highest BCUT2D eigenvalue weighted by Crippen LogP contribution is 2.24. The Hall–Kier alpha value is -1.10. The molecule has 10 heteroatoms. The van der Waals surface area contributed by atoms with Crippen molar-refractivity contribution in [1.29, 1.82) is 0 Å². The molecule has 0 bridgehead atoms. The average Bonchev–Trinajstić information content (AvgIpc) is 3.03. The second kappa shape index (κ2) is 9.02. The summed E-state index contributed by atoms with van der Waals surface area (Å²) in [6.45, 7) is 3.07. The number of aryl methyl sites for hydroxylation is 1. The Balaban J connectivity index is 2.02. The SMILES string of the molecule is CCCc1nnsc1C(=O)N1CCCCC1CCNS(=O)(=O)N(C)C. The standard InChI is InChI=1S/C15H27N5O3S2/c1-4-7-13-14(24-18-17-13)15(21)20-11-6-5-8-12(20)9-10-16-25(22,23)19(2)3/h12,16H,4-11H2,1-3H3. The van der Waals surface area contributed by atoms with E-state index >= 15 is 0 Å².